The maximum Gasteiger partial charge on any atom is 0.240 e. The van der Waals surface area contributed by atoms with Gasteiger partial charge in [0, 0.05) is 13.1 Å². The van der Waals surface area contributed by atoms with Crippen molar-refractivity contribution in [3.63, 3.8) is 0 Å². The summed E-state index contributed by atoms with van der Waals surface area (Å²) in [7, 11) is 0. The van der Waals surface area contributed by atoms with Gasteiger partial charge in [0.25, 0.3) is 0 Å². The second kappa shape index (κ2) is 8.97. The van der Waals surface area contributed by atoms with Gasteiger partial charge in [-0.1, -0.05) is 12.1 Å². The second-order valence-electron chi connectivity index (χ2n) is 6.80. The van der Waals surface area contributed by atoms with Crippen molar-refractivity contribution in [2.75, 3.05) is 13.1 Å². The molecule has 2 aliphatic rings. The summed E-state index contributed by atoms with van der Waals surface area (Å²) in [6, 6.07) is 0. The third-order valence-corrected chi connectivity index (χ3v) is 4.93. The van der Waals surface area contributed by atoms with Crippen LogP contribution in [0.15, 0.2) is 4.52 Å². The van der Waals surface area contributed by atoms with Crippen LogP contribution in [0.25, 0.3) is 0 Å². The van der Waals surface area contributed by atoms with Crippen LogP contribution in [-0.4, -0.2) is 40.3 Å². The van der Waals surface area contributed by atoms with Crippen LogP contribution >= 0.6 is 12.4 Å². The largest absolute Gasteiger partial charge is 0.375 e. The Labute approximate surface area is 144 Å². The summed E-state index contributed by atoms with van der Waals surface area (Å²) in [6.45, 7) is 5.49. The lowest BCUT2D eigenvalue weighted by molar-refractivity contribution is -0.0610. The highest BCUT2D eigenvalue weighted by Gasteiger charge is 2.26. The summed E-state index contributed by atoms with van der Waals surface area (Å²) in [5.41, 5.74) is 5.49. The van der Waals surface area contributed by atoms with E-state index in [1.165, 1.54) is 25.7 Å². The van der Waals surface area contributed by atoms with Crippen LogP contribution in [0.3, 0.4) is 0 Å². The molecule has 1 saturated carbocycles. The quantitative estimate of drug-likeness (QED) is 0.884. The third kappa shape index (κ3) is 5.41. The molecular weight excluding hydrogens is 316 g/mol. The van der Waals surface area contributed by atoms with E-state index in [9.17, 15) is 0 Å². The van der Waals surface area contributed by atoms with Gasteiger partial charge in [0.15, 0.2) is 5.82 Å². The van der Waals surface area contributed by atoms with Crippen molar-refractivity contribution < 1.29 is 9.26 Å². The molecule has 0 amide bonds. The summed E-state index contributed by atoms with van der Waals surface area (Å²) in [4.78, 5) is 6.64. The Kier molecular flexibility index (Phi) is 7.27. The van der Waals surface area contributed by atoms with Gasteiger partial charge in [0.1, 0.15) is 0 Å². The van der Waals surface area contributed by atoms with Crippen LogP contribution in [0.1, 0.15) is 57.2 Å². The summed E-state index contributed by atoms with van der Waals surface area (Å²) in [5.74, 6) is 2.14. The molecule has 2 heterocycles. The predicted octanol–water partition coefficient (Wildman–Crippen LogP) is 2.51. The zero-order chi connectivity index (χ0) is 15.4. The minimum absolute atomic E-state index is 0. The van der Waals surface area contributed by atoms with Gasteiger partial charge >= 0.3 is 0 Å². The van der Waals surface area contributed by atoms with E-state index in [0.717, 1.165) is 44.2 Å². The fourth-order valence-corrected chi connectivity index (χ4v) is 3.48. The number of nitrogens with two attached hydrogens (primary N) is 1. The van der Waals surface area contributed by atoms with Gasteiger partial charge in [0.05, 0.1) is 25.3 Å². The van der Waals surface area contributed by atoms with Crippen molar-refractivity contribution in [2.24, 2.45) is 11.7 Å². The van der Waals surface area contributed by atoms with Gasteiger partial charge in [-0.2, -0.15) is 4.98 Å². The van der Waals surface area contributed by atoms with Crippen molar-refractivity contribution in [3.05, 3.63) is 11.7 Å². The number of aromatic nitrogens is 2. The molecule has 0 unspecified atom stereocenters. The van der Waals surface area contributed by atoms with Gasteiger partial charge in [-0.15, -0.1) is 12.4 Å². The highest BCUT2D eigenvalue weighted by Crippen LogP contribution is 2.28. The Hall–Kier alpha value is -0.690. The number of likely N-dealkylation sites (tertiary alicyclic amines) is 1. The minimum atomic E-state index is 0. The SMILES string of the molecule is CC1CCC(OC2CCN(Cc3noc(CN)n3)CC2)CC1.Cl. The minimum Gasteiger partial charge on any atom is -0.375 e. The van der Waals surface area contributed by atoms with Crippen LogP contribution in [-0.2, 0) is 17.8 Å². The molecule has 0 spiro atoms. The molecule has 1 saturated heterocycles. The molecule has 3 rings (SSSR count). The Morgan fingerprint density at radius 2 is 1.78 bits per heavy atom. The van der Waals surface area contributed by atoms with Crippen molar-refractivity contribution in [1.82, 2.24) is 15.0 Å². The average molecular weight is 345 g/mol. The summed E-state index contributed by atoms with van der Waals surface area (Å²) < 4.78 is 11.4. The number of ether oxygens (including phenoxy) is 1. The average Bonchev–Trinajstić information content (AvgIpc) is 2.99. The number of hydrogen-bond donors (Lipinski definition) is 1. The van der Waals surface area contributed by atoms with Gasteiger partial charge < -0.3 is 15.0 Å². The Bertz CT molecular complexity index is 455. The van der Waals surface area contributed by atoms with Crippen molar-refractivity contribution in [3.8, 4) is 0 Å². The van der Waals surface area contributed by atoms with E-state index >= 15 is 0 Å². The predicted molar refractivity (Wildman–Crippen MR) is 90.2 cm³/mol. The normalized spacial score (nSPS) is 26.9. The van der Waals surface area contributed by atoms with Gasteiger partial charge in [0.2, 0.25) is 5.89 Å². The number of hydrogen-bond acceptors (Lipinski definition) is 6. The smallest absolute Gasteiger partial charge is 0.240 e. The molecule has 2 fully saturated rings. The standard InChI is InChI=1S/C16H28N4O2.ClH/c1-12-2-4-13(5-3-12)21-14-6-8-20(9-7-14)11-15-18-16(10-17)22-19-15;/h12-14H,2-11,17H2,1H3;1H. The van der Waals surface area contributed by atoms with E-state index in [0.29, 0.717) is 24.6 Å². The van der Waals surface area contributed by atoms with Crippen LogP contribution in [0.4, 0.5) is 0 Å². The molecule has 2 N–H and O–H groups in total. The molecule has 6 nitrogen and oxygen atoms in total. The lowest BCUT2D eigenvalue weighted by Crippen LogP contribution is -2.38. The summed E-state index contributed by atoms with van der Waals surface area (Å²) in [6.07, 6.45) is 8.27. The molecule has 0 bridgehead atoms. The molecule has 1 aromatic rings. The first-order valence-corrected chi connectivity index (χ1v) is 8.62. The number of nitrogens with zero attached hydrogens (tertiary/aromatic N) is 3. The Balaban J connectivity index is 0.00000192. The Morgan fingerprint density at radius 3 is 2.39 bits per heavy atom. The van der Waals surface area contributed by atoms with E-state index in [2.05, 4.69) is 22.0 Å². The molecule has 23 heavy (non-hydrogen) atoms. The molecule has 1 aromatic heterocycles. The highest BCUT2D eigenvalue weighted by molar-refractivity contribution is 5.85. The molecular formula is C16H29ClN4O2. The van der Waals surface area contributed by atoms with E-state index < -0.39 is 0 Å². The molecule has 0 atom stereocenters. The molecule has 132 valence electrons. The van der Waals surface area contributed by atoms with Crippen LogP contribution < -0.4 is 5.73 Å². The molecule has 1 aliphatic heterocycles. The number of rotatable bonds is 5. The zero-order valence-corrected chi connectivity index (χ0v) is 14.8. The first kappa shape index (κ1) is 18.6. The maximum absolute atomic E-state index is 6.31. The lowest BCUT2D eigenvalue weighted by atomic mass is 9.88. The zero-order valence-electron chi connectivity index (χ0n) is 13.9. The second-order valence-corrected chi connectivity index (χ2v) is 6.80. The molecule has 0 aromatic carbocycles. The lowest BCUT2D eigenvalue weighted by Gasteiger charge is -2.35. The van der Waals surface area contributed by atoms with Crippen LogP contribution in [0.2, 0.25) is 0 Å². The Morgan fingerprint density at radius 1 is 1.13 bits per heavy atom. The maximum atomic E-state index is 6.31. The van der Waals surface area contributed by atoms with E-state index in [4.69, 9.17) is 15.0 Å². The van der Waals surface area contributed by atoms with E-state index in [1.54, 1.807) is 0 Å². The van der Waals surface area contributed by atoms with Crippen molar-refractivity contribution in [1.29, 1.82) is 0 Å². The van der Waals surface area contributed by atoms with Crippen molar-refractivity contribution in [2.45, 2.75) is 70.7 Å². The number of piperidine rings is 1. The number of halogens is 1. The van der Waals surface area contributed by atoms with Gasteiger partial charge in [-0.25, -0.2) is 0 Å². The fourth-order valence-electron chi connectivity index (χ4n) is 3.48. The van der Waals surface area contributed by atoms with Gasteiger partial charge in [-0.05, 0) is 44.4 Å². The molecule has 1 aliphatic carbocycles. The van der Waals surface area contributed by atoms with E-state index in [1.807, 2.05) is 0 Å². The topological polar surface area (TPSA) is 77.4 Å². The summed E-state index contributed by atoms with van der Waals surface area (Å²) >= 11 is 0. The first-order chi connectivity index (χ1) is 10.7. The first-order valence-electron chi connectivity index (χ1n) is 8.62. The summed E-state index contributed by atoms with van der Waals surface area (Å²) in [5, 5.41) is 3.96. The molecule has 0 radical (unpaired) electrons. The fraction of sp³-hybridized carbons (Fsp3) is 0.875. The van der Waals surface area contributed by atoms with Crippen molar-refractivity contribution >= 4 is 12.4 Å². The highest BCUT2D eigenvalue weighted by atomic mass is 35.5. The molecule has 7 heteroatoms. The van der Waals surface area contributed by atoms with Gasteiger partial charge in [-0.3, -0.25) is 4.90 Å². The monoisotopic (exact) mass is 344 g/mol. The van der Waals surface area contributed by atoms with Crippen LogP contribution in [0.5, 0.6) is 0 Å². The van der Waals surface area contributed by atoms with Crippen LogP contribution in [0, 0.1) is 5.92 Å². The third-order valence-electron chi connectivity index (χ3n) is 4.93. The van der Waals surface area contributed by atoms with E-state index in [-0.39, 0.29) is 12.4 Å².